The van der Waals surface area contributed by atoms with Crippen molar-refractivity contribution in [3.8, 4) is 0 Å². The minimum atomic E-state index is -6.15. The predicted molar refractivity (Wildman–Crippen MR) is 100 cm³/mol. The molecule has 0 spiro atoms. The van der Waals surface area contributed by atoms with Crippen molar-refractivity contribution in [3.05, 3.63) is 0 Å². The Morgan fingerprint density at radius 3 is 2.20 bits per heavy atom. The minimum Gasteiger partial charge on any atom is -0.743 e. The van der Waals surface area contributed by atoms with Gasteiger partial charge in [-0.1, -0.05) is 13.8 Å². The third-order valence-electron chi connectivity index (χ3n) is 7.95. The topological polar surface area (TPSA) is 104 Å². The van der Waals surface area contributed by atoms with E-state index in [1.165, 1.54) is 0 Å². The van der Waals surface area contributed by atoms with E-state index in [0.29, 0.717) is 32.1 Å². The molecule has 0 radical (unpaired) electrons. The summed E-state index contributed by atoms with van der Waals surface area (Å²) in [6.45, 7) is 3.12. The zero-order valence-electron chi connectivity index (χ0n) is 17.3. The molecule has 1 N–H and O–H groups in total. The zero-order chi connectivity index (χ0) is 22.6. The summed E-state index contributed by atoms with van der Waals surface area (Å²) in [5, 5.41) is 6.27. The summed E-state index contributed by atoms with van der Waals surface area (Å²) in [5.74, 6) is -0.0596. The summed E-state index contributed by atoms with van der Waals surface area (Å²) in [7, 11) is -6.15. The van der Waals surface area contributed by atoms with Gasteiger partial charge in [0.15, 0.2) is 16.3 Å². The van der Waals surface area contributed by atoms with Crippen molar-refractivity contribution in [1.82, 2.24) is 0 Å². The van der Waals surface area contributed by atoms with Gasteiger partial charge in [0, 0.05) is 11.8 Å². The van der Waals surface area contributed by atoms with Crippen molar-refractivity contribution in [3.63, 3.8) is 0 Å². The summed E-state index contributed by atoms with van der Waals surface area (Å²) >= 11 is 0. The molecule has 0 heterocycles. The van der Waals surface area contributed by atoms with Gasteiger partial charge in [0.2, 0.25) is 0 Å². The van der Waals surface area contributed by atoms with Crippen LogP contribution in [0.15, 0.2) is 0 Å². The summed E-state index contributed by atoms with van der Waals surface area (Å²) in [6, 6.07) is 0. The number of carbonyl (C=O) groups excluding carboxylic acids is 1. The molecule has 10 heteroatoms. The van der Waals surface area contributed by atoms with Crippen LogP contribution in [0.5, 0.6) is 0 Å². The van der Waals surface area contributed by atoms with E-state index >= 15 is 0 Å². The fourth-order valence-electron chi connectivity index (χ4n) is 6.78. The maximum Gasteiger partial charge on any atom is 0.364 e. The molecule has 0 aliphatic heterocycles. The molecule has 0 aromatic heterocycles. The average molecular weight is 456 g/mol. The first-order valence-electron chi connectivity index (χ1n) is 10.6. The van der Waals surface area contributed by atoms with Gasteiger partial charge in [0.05, 0.1) is 17.6 Å². The van der Waals surface area contributed by atoms with Crippen molar-refractivity contribution >= 4 is 16.1 Å². The number of halogens is 3. The lowest BCUT2D eigenvalue weighted by molar-refractivity contribution is -0.219. The third-order valence-corrected chi connectivity index (χ3v) is 8.88. The number of hydrogen-bond acceptors (Lipinski definition) is 6. The van der Waals surface area contributed by atoms with Crippen LogP contribution >= 0.6 is 0 Å². The first-order valence-corrected chi connectivity index (χ1v) is 12.0. The molecule has 0 amide bonds. The Hall–Kier alpha value is -0.870. The van der Waals surface area contributed by atoms with E-state index in [1.54, 1.807) is 0 Å². The smallest absolute Gasteiger partial charge is 0.364 e. The lowest BCUT2D eigenvalue weighted by Crippen LogP contribution is -2.63. The van der Waals surface area contributed by atoms with E-state index < -0.39 is 57.0 Å². The number of esters is 1. The predicted octanol–water partition coefficient (Wildman–Crippen LogP) is 3.53. The fourth-order valence-corrected chi connectivity index (χ4v) is 7.21. The first-order chi connectivity index (χ1) is 13.7. The van der Waals surface area contributed by atoms with Crippen molar-refractivity contribution in [1.29, 1.82) is 0 Å². The Kier molecular flexibility index (Phi) is 6.04. The number of aliphatic hydroxyl groups is 1. The molecule has 4 rings (SSSR count). The van der Waals surface area contributed by atoms with E-state index in [2.05, 4.69) is 0 Å². The Morgan fingerprint density at radius 2 is 1.73 bits per heavy atom. The highest BCUT2D eigenvalue weighted by Gasteiger charge is 2.66. The molecule has 0 aromatic carbocycles. The Bertz CT molecular complexity index is 765. The Morgan fingerprint density at radius 1 is 1.20 bits per heavy atom. The van der Waals surface area contributed by atoms with Crippen molar-refractivity contribution in [2.24, 2.45) is 22.7 Å². The number of ether oxygens (including phenoxy) is 1. The van der Waals surface area contributed by atoms with E-state index in [1.807, 2.05) is 13.8 Å². The molecular formula is C20H30F3O6S-. The maximum atomic E-state index is 13.6. The van der Waals surface area contributed by atoms with Gasteiger partial charge in [0.25, 0.3) is 0 Å². The molecular weight excluding hydrogens is 425 g/mol. The van der Waals surface area contributed by atoms with Crippen LogP contribution in [0.25, 0.3) is 0 Å². The molecule has 0 aromatic rings. The van der Waals surface area contributed by atoms with Crippen LogP contribution in [-0.2, 0) is 19.6 Å². The third kappa shape index (κ3) is 3.66. The number of carbonyl (C=O) groups is 1. The second kappa shape index (κ2) is 7.62. The van der Waals surface area contributed by atoms with Gasteiger partial charge in [-0.2, -0.15) is 8.78 Å². The van der Waals surface area contributed by atoms with E-state index in [0.717, 1.165) is 19.3 Å². The Balaban J connectivity index is 1.71. The van der Waals surface area contributed by atoms with Crippen molar-refractivity contribution in [2.45, 2.75) is 88.7 Å². The lowest BCUT2D eigenvalue weighted by atomic mass is 9.40. The SMILES string of the molecule is CCC(O)(CC)C12CC3CC(CC(C(=O)OCCC(F)C(F)(F)S(=O)(=O)[O-])(C3)C1)C2. The molecule has 0 saturated heterocycles. The van der Waals surface area contributed by atoms with Crippen LogP contribution in [0.1, 0.15) is 71.6 Å². The molecule has 4 aliphatic carbocycles. The number of alkyl halides is 3. The summed E-state index contributed by atoms with van der Waals surface area (Å²) in [6.07, 6.45) is 1.12. The van der Waals surface area contributed by atoms with E-state index in [4.69, 9.17) is 4.74 Å². The fraction of sp³-hybridized carbons (Fsp3) is 0.950. The summed E-state index contributed by atoms with van der Waals surface area (Å²) < 4.78 is 76.9. The van der Waals surface area contributed by atoms with Gasteiger partial charge in [0.1, 0.15) is 0 Å². The van der Waals surface area contributed by atoms with Crippen LogP contribution in [-0.4, -0.2) is 47.7 Å². The van der Waals surface area contributed by atoms with Gasteiger partial charge in [-0.15, -0.1) is 0 Å². The van der Waals surface area contributed by atoms with Gasteiger partial charge >= 0.3 is 11.2 Å². The highest BCUT2D eigenvalue weighted by molar-refractivity contribution is 7.86. The van der Waals surface area contributed by atoms with E-state index in [-0.39, 0.29) is 11.8 Å². The van der Waals surface area contributed by atoms with Gasteiger partial charge in [-0.25, -0.2) is 12.8 Å². The molecule has 3 atom stereocenters. The monoisotopic (exact) mass is 455 g/mol. The largest absolute Gasteiger partial charge is 0.743 e. The maximum absolute atomic E-state index is 13.6. The van der Waals surface area contributed by atoms with Crippen LogP contribution in [0, 0.1) is 22.7 Å². The Labute approximate surface area is 175 Å². The quantitative estimate of drug-likeness (QED) is 0.421. The second-order valence-electron chi connectivity index (χ2n) is 9.67. The second-order valence-corrected chi connectivity index (χ2v) is 11.1. The first kappa shape index (κ1) is 23.8. The molecule has 4 bridgehead atoms. The molecule has 30 heavy (non-hydrogen) atoms. The van der Waals surface area contributed by atoms with Crippen molar-refractivity contribution in [2.75, 3.05) is 6.61 Å². The molecule has 6 nitrogen and oxygen atoms in total. The standard InChI is InChI=1S/C20H31F3O6S/c1-3-19(25,4-2)18-10-13-7-14(11-18)9-17(8-13,12-18)16(24)29-6-5-15(21)20(22,23)30(26,27)28/h13-15,25H,3-12H2,1-2H3,(H,26,27,28)/p-1. The zero-order valence-corrected chi connectivity index (χ0v) is 18.2. The summed E-state index contributed by atoms with van der Waals surface area (Å²) in [5.41, 5.74) is -2.13. The highest BCUT2D eigenvalue weighted by Crippen LogP contribution is 2.69. The average Bonchev–Trinajstić information content (AvgIpc) is 2.64. The lowest BCUT2D eigenvalue weighted by Gasteiger charge is -2.65. The minimum absolute atomic E-state index is 0.271. The normalized spacial score (nSPS) is 34.8. The van der Waals surface area contributed by atoms with Gasteiger partial charge in [-0.3, -0.25) is 4.79 Å². The van der Waals surface area contributed by atoms with Crippen LogP contribution in [0.4, 0.5) is 13.2 Å². The molecule has 4 saturated carbocycles. The summed E-state index contributed by atoms with van der Waals surface area (Å²) in [4.78, 5) is 13.0. The van der Waals surface area contributed by atoms with E-state index in [9.17, 15) is 36.0 Å². The highest BCUT2D eigenvalue weighted by atomic mass is 32.2. The molecule has 4 aliphatic rings. The molecule has 3 unspecified atom stereocenters. The van der Waals surface area contributed by atoms with Crippen molar-refractivity contribution < 1.29 is 40.8 Å². The molecule has 174 valence electrons. The van der Waals surface area contributed by atoms with Crippen LogP contribution < -0.4 is 0 Å². The van der Waals surface area contributed by atoms with Crippen LogP contribution in [0.2, 0.25) is 0 Å². The number of rotatable bonds is 9. The molecule has 4 fully saturated rings. The van der Waals surface area contributed by atoms with Gasteiger partial charge < -0.3 is 14.4 Å². The number of hydrogen-bond donors (Lipinski definition) is 1. The van der Waals surface area contributed by atoms with Gasteiger partial charge in [-0.05, 0) is 63.2 Å². The van der Waals surface area contributed by atoms with Crippen LogP contribution in [0.3, 0.4) is 0 Å².